The molecule has 0 aliphatic carbocycles. The maximum absolute atomic E-state index is 8.97. The minimum absolute atomic E-state index is 0.465. The van der Waals surface area contributed by atoms with Gasteiger partial charge in [0.05, 0.1) is 19.8 Å². The Bertz CT molecular complexity index is 678. The van der Waals surface area contributed by atoms with Crippen LogP contribution in [0.5, 0.6) is 11.5 Å². The van der Waals surface area contributed by atoms with Crippen molar-refractivity contribution in [3.8, 4) is 17.6 Å². The van der Waals surface area contributed by atoms with Crippen LogP contribution in [-0.4, -0.2) is 14.2 Å². The van der Waals surface area contributed by atoms with E-state index in [1.807, 2.05) is 24.3 Å². The summed E-state index contributed by atoms with van der Waals surface area (Å²) < 4.78 is 10.5. The highest BCUT2D eigenvalue weighted by Gasteiger charge is 2.05. The van der Waals surface area contributed by atoms with Gasteiger partial charge in [0.2, 0.25) is 0 Å². The molecule has 0 radical (unpaired) electrons. The van der Waals surface area contributed by atoms with E-state index in [0.717, 1.165) is 11.3 Å². The summed E-state index contributed by atoms with van der Waals surface area (Å²) in [6.07, 6.45) is 0. The standard InChI is InChI=1S/C16H17N3O2/c1-20-15-6-3-11(7-16(15)21-2)10-19-13-4-5-14(18)12(8-13)9-17/h3-8,19H,10,18H2,1-2H3. The van der Waals surface area contributed by atoms with Crippen LogP contribution in [0.15, 0.2) is 36.4 Å². The molecule has 2 rings (SSSR count). The van der Waals surface area contributed by atoms with Crippen LogP contribution in [-0.2, 0) is 6.54 Å². The van der Waals surface area contributed by atoms with Crippen LogP contribution < -0.4 is 20.5 Å². The van der Waals surface area contributed by atoms with Crippen molar-refractivity contribution < 1.29 is 9.47 Å². The number of anilines is 2. The first-order valence-corrected chi connectivity index (χ1v) is 6.42. The maximum Gasteiger partial charge on any atom is 0.161 e. The van der Waals surface area contributed by atoms with E-state index in [4.69, 9.17) is 20.5 Å². The molecule has 0 saturated carbocycles. The van der Waals surface area contributed by atoms with Crippen molar-refractivity contribution in [3.63, 3.8) is 0 Å². The largest absolute Gasteiger partial charge is 0.493 e. The molecule has 0 amide bonds. The highest BCUT2D eigenvalue weighted by molar-refractivity contribution is 5.62. The third-order valence-electron chi connectivity index (χ3n) is 3.12. The quantitative estimate of drug-likeness (QED) is 0.825. The number of nitrogens with two attached hydrogens (primary N) is 1. The summed E-state index contributed by atoms with van der Waals surface area (Å²) in [6, 6.07) is 13.1. The number of benzene rings is 2. The second-order valence-corrected chi connectivity index (χ2v) is 4.46. The van der Waals surface area contributed by atoms with Gasteiger partial charge in [-0.1, -0.05) is 6.07 Å². The lowest BCUT2D eigenvalue weighted by atomic mass is 10.1. The minimum Gasteiger partial charge on any atom is -0.493 e. The first kappa shape index (κ1) is 14.5. The van der Waals surface area contributed by atoms with Gasteiger partial charge in [-0.05, 0) is 35.9 Å². The Morgan fingerprint density at radius 1 is 1.10 bits per heavy atom. The van der Waals surface area contributed by atoms with Crippen LogP contribution in [0, 0.1) is 11.3 Å². The monoisotopic (exact) mass is 283 g/mol. The lowest BCUT2D eigenvalue weighted by Gasteiger charge is -2.11. The number of ether oxygens (including phenoxy) is 2. The summed E-state index contributed by atoms with van der Waals surface area (Å²) in [5, 5.41) is 12.2. The third kappa shape index (κ3) is 3.37. The van der Waals surface area contributed by atoms with Gasteiger partial charge < -0.3 is 20.5 Å². The van der Waals surface area contributed by atoms with Crippen LogP contribution in [0.1, 0.15) is 11.1 Å². The average molecular weight is 283 g/mol. The number of rotatable bonds is 5. The lowest BCUT2D eigenvalue weighted by molar-refractivity contribution is 0.354. The van der Waals surface area contributed by atoms with Crippen molar-refractivity contribution in [1.29, 1.82) is 5.26 Å². The molecule has 0 aliphatic rings. The molecular formula is C16H17N3O2. The van der Waals surface area contributed by atoms with Crippen molar-refractivity contribution in [1.82, 2.24) is 0 Å². The van der Waals surface area contributed by atoms with Gasteiger partial charge in [-0.15, -0.1) is 0 Å². The van der Waals surface area contributed by atoms with Gasteiger partial charge in [-0.2, -0.15) is 5.26 Å². The van der Waals surface area contributed by atoms with Gasteiger partial charge >= 0.3 is 0 Å². The van der Waals surface area contributed by atoms with Crippen LogP contribution in [0.25, 0.3) is 0 Å². The van der Waals surface area contributed by atoms with Gasteiger partial charge in [0.15, 0.2) is 11.5 Å². The van der Waals surface area contributed by atoms with Gasteiger partial charge in [-0.25, -0.2) is 0 Å². The van der Waals surface area contributed by atoms with E-state index in [-0.39, 0.29) is 0 Å². The molecule has 3 N–H and O–H groups in total. The minimum atomic E-state index is 0.465. The molecule has 0 bridgehead atoms. The summed E-state index contributed by atoms with van der Waals surface area (Å²) in [5.41, 5.74) is 8.53. The van der Waals surface area contributed by atoms with E-state index in [9.17, 15) is 0 Å². The summed E-state index contributed by atoms with van der Waals surface area (Å²) in [6.45, 7) is 0.606. The Labute approximate surface area is 123 Å². The van der Waals surface area contributed by atoms with E-state index < -0.39 is 0 Å². The van der Waals surface area contributed by atoms with Crippen molar-refractivity contribution >= 4 is 11.4 Å². The Hall–Kier alpha value is -2.87. The third-order valence-corrected chi connectivity index (χ3v) is 3.12. The summed E-state index contributed by atoms with van der Waals surface area (Å²) in [5.74, 6) is 1.38. The second-order valence-electron chi connectivity index (χ2n) is 4.46. The van der Waals surface area contributed by atoms with Crippen molar-refractivity contribution in [2.45, 2.75) is 6.54 Å². The smallest absolute Gasteiger partial charge is 0.161 e. The average Bonchev–Trinajstić information content (AvgIpc) is 2.53. The predicted octanol–water partition coefficient (Wildman–Crippen LogP) is 2.77. The van der Waals surface area contributed by atoms with E-state index in [1.54, 1.807) is 26.4 Å². The van der Waals surface area contributed by atoms with Crippen molar-refractivity contribution in [2.75, 3.05) is 25.3 Å². The van der Waals surface area contributed by atoms with Crippen LogP contribution in [0.2, 0.25) is 0 Å². The molecule has 5 nitrogen and oxygen atoms in total. The summed E-state index contributed by atoms with van der Waals surface area (Å²) in [4.78, 5) is 0. The van der Waals surface area contributed by atoms with Gasteiger partial charge in [0, 0.05) is 17.9 Å². The summed E-state index contributed by atoms with van der Waals surface area (Å²) in [7, 11) is 3.21. The number of hydrogen-bond donors (Lipinski definition) is 2. The van der Waals surface area contributed by atoms with E-state index >= 15 is 0 Å². The molecule has 0 saturated heterocycles. The Morgan fingerprint density at radius 3 is 2.52 bits per heavy atom. The lowest BCUT2D eigenvalue weighted by Crippen LogP contribution is -2.01. The highest BCUT2D eigenvalue weighted by Crippen LogP contribution is 2.28. The molecule has 0 heterocycles. The van der Waals surface area contributed by atoms with Crippen LogP contribution in [0.3, 0.4) is 0 Å². The van der Waals surface area contributed by atoms with Crippen molar-refractivity contribution in [3.05, 3.63) is 47.5 Å². The molecule has 0 aromatic heterocycles. The fourth-order valence-corrected chi connectivity index (χ4v) is 1.96. The molecule has 0 atom stereocenters. The second kappa shape index (κ2) is 6.53. The predicted molar refractivity (Wildman–Crippen MR) is 82.4 cm³/mol. The molecule has 108 valence electrons. The van der Waals surface area contributed by atoms with Gasteiger partial charge in [-0.3, -0.25) is 0 Å². The maximum atomic E-state index is 8.97. The molecule has 0 unspecified atom stereocenters. The molecule has 0 fully saturated rings. The first-order chi connectivity index (χ1) is 10.2. The fourth-order valence-electron chi connectivity index (χ4n) is 1.96. The van der Waals surface area contributed by atoms with E-state index in [1.165, 1.54) is 0 Å². The van der Waals surface area contributed by atoms with E-state index in [2.05, 4.69) is 11.4 Å². The van der Waals surface area contributed by atoms with Crippen molar-refractivity contribution in [2.24, 2.45) is 0 Å². The van der Waals surface area contributed by atoms with Gasteiger partial charge in [0.1, 0.15) is 6.07 Å². The molecule has 0 spiro atoms. The Kier molecular flexibility index (Phi) is 4.52. The molecule has 21 heavy (non-hydrogen) atoms. The molecular weight excluding hydrogens is 266 g/mol. The number of methoxy groups -OCH3 is 2. The zero-order valence-electron chi connectivity index (χ0n) is 12.0. The Morgan fingerprint density at radius 2 is 1.86 bits per heavy atom. The SMILES string of the molecule is COc1ccc(CNc2ccc(N)c(C#N)c2)cc1OC. The molecule has 5 heteroatoms. The number of hydrogen-bond acceptors (Lipinski definition) is 5. The van der Waals surface area contributed by atoms with Crippen LogP contribution >= 0.6 is 0 Å². The zero-order valence-corrected chi connectivity index (χ0v) is 12.0. The zero-order chi connectivity index (χ0) is 15.2. The Balaban J connectivity index is 2.11. The molecule has 0 aliphatic heterocycles. The molecule has 2 aromatic carbocycles. The number of nitrogen functional groups attached to an aromatic ring is 1. The topological polar surface area (TPSA) is 80.3 Å². The first-order valence-electron chi connectivity index (χ1n) is 6.42. The van der Waals surface area contributed by atoms with Crippen LogP contribution in [0.4, 0.5) is 11.4 Å². The highest BCUT2D eigenvalue weighted by atomic mass is 16.5. The molecule has 2 aromatic rings. The number of nitriles is 1. The normalized spacial score (nSPS) is 9.76. The number of nitrogens with zero attached hydrogens (tertiary/aromatic N) is 1. The fraction of sp³-hybridized carbons (Fsp3) is 0.188. The van der Waals surface area contributed by atoms with E-state index in [0.29, 0.717) is 29.3 Å². The van der Waals surface area contributed by atoms with Gasteiger partial charge in [0.25, 0.3) is 0 Å². The summed E-state index contributed by atoms with van der Waals surface area (Å²) >= 11 is 0. The number of nitrogens with one attached hydrogen (secondary N) is 1.